The molecule has 2 heterocycles. The Labute approximate surface area is 213 Å². The number of aromatic nitrogens is 1. The first-order valence-corrected chi connectivity index (χ1v) is 12.1. The zero-order valence-electron chi connectivity index (χ0n) is 20.1. The summed E-state index contributed by atoms with van der Waals surface area (Å²) in [5, 5.41) is 17.9. The third kappa shape index (κ3) is 5.13. The van der Waals surface area contributed by atoms with Gasteiger partial charge >= 0.3 is 0 Å². The van der Waals surface area contributed by atoms with Gasteiger partial charge in [0.15, 0.2) is 0 Å². The summed E-state index contributed by atoms with van der Waals surface area (Å²) in [4.78, 5) is 44.2. The Morgan fingerprint density at radius 2 is 1.78 bits per heavy atom. The number of amides is 3. The lowest BCUT2D eigenvalue weighted by molar-refractivity contribution is -0.125. The third-order valence-electron chi connectivity index (χ3n) is 6.54. The van der Waals surface area contributed by atoms with Crippen LogP contribution in [0.2, 0.25) is 0 Å². The van der Waals surface area contributed by atoms with Crippen LogP contribution in [0.5, 0.6) is 5.75 Å². The molecule has 5 rings (SSSR count). The Balaban J connectivity index is 1.24. The lowest BCUT2D eigenvalue weighted by Crippen LogP contribution is -2.45. The SMILES string of the molecule is O=C(Nc1cccc(CNC(=O)C2CCCN2C(=O)c2ccc3ccccc3c2O)c1)c1ccncc1. The van der Waals surface area contributed by atoms with Gasteiger partial charge in [-0.1, -0.05) is 42.5 Å². The summed E-state index contributed by atoms with van der Waals surface area (Å²) in [6.45, 7) is 0.692. The summed E-state index contributed by atoms with van der Waals surface area (Å²) in [6.07, 6.45) is 4.36. The minimum atomic E-state index is -0.618. The average molecular weight is 495 g/mol. The van der Waals surface area contributed by atoms with Gasteiger partial charge in [0.25, 0.3) is 11.8 Å². The molecule has 3 amide bonds. The zero-order valence-corrected chi connectivity index (χ0v) is 20.1. The highest BCUT2D eigenvalue weighted by atomic mass is 16.3. The molecule has 1 aromatic heterocycles. The normalized spacial score (nSPS) is 14.9. The number of likely N-dealkylation sites (tertiary alicyclic amines) is 1. The van der Waals surface area contributed by atoms with Crippen molar-refractivity contribution < 1.29 is 19.5 Å². The topological polar surface area (TPSA) is 112 Å². The zero-order chi connectivity index (χ0) is 25.8. The first-order chi connectivity index (χ1) is 18.0. The number of phenolic OH excluding ortho intramolecular Hbond substituents is 1. The van der Waals surface area contributed by atoms with Gasteiger partial charge in [0.1, 0.15) is 11.8 Å². The minimum absolute atomic E-state index is 0.0696. The van der Waals surface area contributed by atoms with Crippen LogP contribution in [0.1, 0.15) is 39.1 Å². The predicted octanol–water partition coefficient (Wildman–Crippen LogP) is 4.11. The third-order valence-corrected chi connectivity index (χ3v) is 6.54. The highest BCUT2D eigenvalue weighted by Crippen LogP contribution is 2.31. The summed E-state index contributed by atoms with van der Waals surface area (Å²) >= 11 is 0. The number of fused-ring (bicyclic) bond motifs is 1. The Kier molecular flexibility index (Phi) is 6.81. The van der Waals surface area contributed by atoms with E-state index in [2.05, 4.69) is 15.6 Å². The molecule has 3 N–H and O–H groups in total. The monoisotopic (exact) mass is 494 g/mol. The summed E-state index contributed by atoms with van der Waals surface area (Å²) in [5.41, 5.74) is 2.11. The molecule has 1 unspecified atom stereocenters. The summed E-state index contributed by atoms with van der Waals surface area (Å²) in [6, 6.07) is 20.6. The summed E-state index contributed by atoms with van der Waals surface area (Å²) in [5.74, 6) is -0.931. The highest BCUT2D eigenvalue weighted by molar-refractivity contribution is 6.05. The molecule has 1 aliphatic rings. The number of hydrogen-bond acceptors (Lipinski definition) is 5. The van der Waals surface area contributed by atoms with E-state index in [-0.39, 0.29) is 35.6 Å². The number of pyridine rings is 1. The van der Waals surface area contributed by atoms with Gasteiger partial charge in [0.05, 0.1) is 5.56 Å². The molecular formula is C29H26N4O4. The van der Waals surface area contributed by atoms with Gasteiger partial charge in [-0.15, -0.1) is 0 Å². The largest absolute Gasteiger partial charge is 0.506 e. The van der Waals surface area contributed by atoms with E-state index in [9.17, 15) is 19.5 Å². The van der Waals surface area contributed by atoms with Crippen LogP contribution < -0.4 is 10.6 Å². The fourth-order valence-corrected chi connectivity index (χ4v) is 4.64. The van der Waals surface area contributed by atoms with Crippen molar-refractivity contribution in [3.8, 4) is 5.75 Å². The van der Waals surface area contributed by atoms with E-state index in [0.29, 0.717) is 36.0 Å². The molecule has 37 heavy (non-hydrogen) atoms. The summed E-state index contributed by atoms with van der Waals surface area (Å²) < 4.78 is 0. The molecule has 8 nitrogen and oxygen atoms in total. The Morgan fingerprint density at radius 1 is 0.973 bits per heavy atom. The lowest BCUT2D eigenvalue weighted by atomic mass is 10.0. The van der Waals surface area contributed by atoms with Gasteiger partial charge in [0, 0.05) is 42.1 Å². The van der Waals surface area contributed by atoms with E-state index in [1.165, 1.54) is 4.90 Å². The Bertz CT molecular complexity index is 1470. The second kappa shape index (κ2) is 10.5. The number of aromatic hydroxyl groups is 1. The van der Waals surface area contributed by atoms with Crippen LogP contribution in [0.3, 0.4) is 0 Å². The van der Waals surface area contributed by atoms with Crippen molar-refractivity contribution in [3.63, 3.8) is 0 Å². The second-order valence-corrected chi connectivity index (χ2v) is 8.95. The Hall–Kier alpha value is -4.72. The maximum absolute atomic E-state index is 13.3. The van der Waals surface area contributed by atoms with Gasteiger partial charge in [-0.2, -0.15) is 0 Å². The van der Waals surface area contributed by atoms with E-state index in [1.807, 2.05) is 24.3 Å². The molecule has 0 bridgehead atoms. The molecule has 186 valence electrons. The van der Waals surface area contributed by atoms with E-state index >= 15 is 0 Å². The summed E-state index contributed by atoms with van der Waals surface area (Å²) in [7, 11) is 0. The van der Waals surface area contributed by atoms with Crippen molar-refractivity contribution in [1.82, 2.24) is 15.2 Å². The maximum atomic E-state index is 13.3. The van der Waals surface area contributed by atoms with Crippen LogP contribution >= 0.6 is 0 Å². The Morgan fingerprint density at radius 3 is 2.62 bits per heavy atom. The molecule has 1 saturated heterocycles. The van der Waals surface area contributed by atoms with Gasteiger partial charge in [-0.25, -0.2) is 0 Å². The molecule has 3 aromatic carbocycles. The molecule has 1 fully saturated rings. The van der Waals surface area contributed by atoms with Gasteiger partial charge in [-0.3, -0.25) is 19.4 Å². The average Bonchev–Trinajstić information content (AvgIpc) is 3.43. The van der Waals surface area contributed by atoms with E-state index < -0.39 is 6.04 Å². The maximum Gasteiger partial charge on any atom is 0.258 e. The smallest absolute Gasteiger partial charge is 0.258 e. The number of carbonyl (C=O) groups excluding carboxylic acids is 3. The molecule has 8 heteroatoms. The number of phenols is 1. The van der Waals surface area contributed by atoms with Crippen molar-refractivity contribution in [1.29, 1.82) is 0 Å². The number of nitrogens with zero attached hydrogens (tertiary/aromatic N) is 2. The van der Waals surface area contributed by atoms with Crippen molar-refractivity contribution in [2.75, 3.05) is 11.9 Å². The first-order valence-electron chi connectivity index (χ1n) is 12.1. The molecule has 1 atom stereocenters. The van der Waals surface area contributed by atoms with Crippen LogP contribution in [-0.2, 0) is 11.3 Å². The van der Waals surface area contributed by atoms with Crippen LogP contribution in [0.15, 0.2) is 85.2 Å². The number of hydrogen-bond donors (Lipinski definition) is 3. The second-order valence-electron chi connectivity index (χ2n) is 8.95. The van der Waals surface area contributed by atoms with E-state index in [1.54, 1.807) is 60.9 Å². The van der Waals surface area contributed by atoms with E-state index in [0.717, 1.165) is 10.9 Å². The van der Waals surface area contributed by atoms with Crippen LogP contribution in [0, 0.1) is 0 Å². The molecule has 0 saturated carbocycles. The first kappa shape index (κ1) is 24.0. The predicted molar refractivity (Wildman–Crippen MR) is 140 cm³/mol. The number of rotatable bonds is 6. The van der Waals surface area contributed by atoms with Gasteiger partial charge in [-0.05, 0) is 54.1 Å². The highest BCUT2D eigenvalue weighted by Gasteiger charge is 2.35. The van der Waals surface area contributed by atoms with Crippen molar-refractivity contribution in [2.45, 2.75) is 25.4 Å². The van der Waals surface area contributed by atoms with E-state index in [4.69, 9.17) is 0 Å². The molecule has 4 aromatic rings. The molecule has 0 aliphatic carbocycles. The number of anilines is 1. The number of carbonyl (C=O) groups is 3. The number of benzene rings is 3. The molecule has 0 spiro atoms. The molecular weight excluding hydrogens is 468 g/mol. The quantitative estimate of drug-likeness (QED) is 0.374. The van der Waals surface area contributed by atoms with Crippen LogP contribution in [0.25, 0.3) is 10.8 Å². The lowest BCUT2D eigenvalue weighted by Gasteiger charge is -2.24. The fraction of sp³-hybridized carbons (Fsp3) is 0.172. The molecule has 1 aliphatic heterocycles. The fourth-order valence-electron chi connectivity index (χ4n) is 4.64. The van der Waals surface area contributed by atoms with Crippen molar-refractivity contribution in [2.24, 2.45) is 0 Å². The molecule has 0 radical (unpaired) electrons. The van der Waals surface area contributed by atoms with Crippen LogP contribution in [0.4, 0.5) is 5.69 Å². The van der Waals surface area contributed by atoms with Gasteiger partial charge < -0.3 is 20.6 Å². The number of nitrogens with one attached hydrogen (secondary N) is 2. The minimum Gasteiger partial charge on any atom is -0.506 e. The van der Waals surface area contributed by atoms with Crippen LogP contribution in [-0.4, -0.2) is 45.3 Å². The standard InChI is InChI=1S/C29H26N4O4/c34-26-23-8-2-1-6-20(23)10-11-24(26)29(37)33-16-4-9-25(33)28(36)31-18-19-5-3-7-22(17-19)32-27(35)21-12-14-30-15-13-21/h1-3,5-8,10-15,17,25,34H,4,9,16,18H2,(H,31,36)(H,32,35). The van der Waals surface area contributed by atoms with Crippen molar-refractivity contribution >= 4 is 34.2 Å². The van der Waals surface area contributed by atoms with Crippen molar-refractivity contribution in [3.05, 3.63) is 102 Å². The van der Waals surface area contributed by atoms with Gasteiger partial charge in [0.2, 0.25) is 5.91 Å².